The first-order valence-corrected chi connectivity index (χ1v) is 12.5. The van der Waals surface area contributed by atoms with Crippen molar-refractivity contribution in [3.05, 3.63) is 0 Å². The minimum Gasteiger partial charge on any atom is -0.396 e. The van der Waals surface area contributed by atoms with E-state index in [2.05, 4.69) is 6.92 Å². The standard InChI is InChI=1S/C24H50O7/c1-2-3-19-29-22(13-7-4-10-16-25)20-30-23(14-8-5-11-17-26)21-31-24(28)15-9-6-12-18-27/h22-28H,2-21H2,1H3. The highest BCUT2D eigenvalue weighted by molar-refractivity contribution is 4.64. The number of rotatable bonds is 25. The molecule has 7 nitrogen and oxygen atoms in total. The summed E-state index contributed by atoms with van der Waals surface area (Å²) in [5.41, 5.74) is 0. The number of hydrogen-bond donors (Lipinski definition) is 4. The molecule has 7 heteroatoms. The summed E-state index contributed by atoms with van der Waals surface area (Å²) in [5, 5.41) is 36.9. The third-order valence-corrected chi connectivity index (χ3v) is 5.32. The van der Waals surface area contributed by atoms with E-state index in [0.29, 0.717) is 19.6 Å². The number of unbranched alkanes of at least 4 members (excludes halogenated alkanes) is 7. The first-order valence-electron chi connectivity index (χ1n) is 12.5. The third-order valence-electron chi connectivity index (χ3n) is 5.32. The van der Waals surface area contributed by atoms with Gasteiger partial charge in [0.15, 0.2) is 6.29 Å². The molecule has 0 bridgehead atoms. The summed E-state index contributed by atoms with van der Waals surface area (Å²) in [6.07, 6.45) is 11.5. The van der Waals surface area contributed by atoms with Crippen molar-refractivity contribution in [2.24, 2.45) is 0 Å². The summed E-state index contributed by atoms with van der Waals surface area (Å²) >= 11 is 0. The summed E-state index contributed by atoms with van der Waals surface area (Å²) in [5.74, 6) is 0. The Morgan fingerprint density at radius 2 is 1.03 bits per heavy atom. The van der Waals surface area contributed by atoms with E-state index in [1.807, 2.05) is 0 Å². The van der Waals surface area contributed by atoms with Gasteiger partial charge < -0.3 is 34.6 Å². The van der Waals surface area contributed by atoms with Gasteiger partial charge in [0.1, 0.15) is 0 Å². The molecule has 0 fully saturated rings. The Labute approximate surface area is 190 Å². The molecule has 0 aliphatic rings. The largest absolute Gasteiger partial charge is 0.396 e. The molecule has 0 spiro atoms. The third kappa shape index (κ3) is 21.3. The van der Waals surface area contributed by atoms with Crippen LogP contribution >= 0.6 is 0 Å². The van der Waals surface area contributed by atoms with E-state index in [1.54, 1.807) is 0 Å². The van der Waals surface area contributed by atoms with Crippen LogP contribution in [-0.4, -0.2) is 78.6 Å². The first-order chi connectivity index (χ1) is 15.2. The maximum atomic E-state index is 10.1. The fraction of sp³-hybridized carbons (Fsp3) is 1.00. The molecule has 0 aliphatic heterocycles. The fourth-order valence-corrected chi connectivity index (χ4v) is 3.30. The molecular weight excluding hydrogens is 400 g/mol. The molecule has 4 N–H and O–H groups in total. The lowest BCUT2D eigenvalue weighted by molar-refractivity contribution is -0.143. The number of hydrogen-bond acceptors (Lipinski definition) is 7. The van der Waals surface area contributed by atoms with Crippen molar-refractivity contribution in [3.63, 3.8) is 0 Å². The van der Waals surface area contributed by atoms with Gasteiger partial charge in [-0.15, -0.1) is 0 Å². The van der Waals surface area contributed by atoms with Gasteiger partial charge in [-0.25, -0.2) is 0 Å². The normalized spacial score (nSPS) is 14.6. The Morgan fingerprint density at radius 3 is 1.55 bits per heavy atom. The molecule has 0 aromatic carbocycles. The molecule has 3 unspecified atom stereocenters. The molecule has 0 heterocycles. The highest BCUT2D eigenvalue weighted by Crippen LogP contribution is 2.14. The second-order valence-electron chi connectivity index (χ2n) is 8.31. The molecule has 0 rings (SSSR count). The summed E-state index contributed by atoms with van der Waals surface area (Å²) in [6, 6.07) is 0. The molecular formula is C24H50O7. The van der Waals surface area contributed by atoms with Crippen LogP contribution in [0.25, 0.3) is 0 Å². The number of aliphatic hydroxyl groups is 4. The topological polar surface area (TPSA) is 109 Å². The van der Waals surface area contributed by atoms with Crippen LogP contribution in [0.3, 0.4) is 0 Å². The van der Waals surface area contributed by atoms with Crippen LogP contribution in [0.5, 0.6) is 0 Å². The van der Waals surface area contributed by atoms with Crippen molar-refractivity contribution in [1.29, 1.82) is 0 Å². The van der Waals surface area contributed by atoms with E-state index >= 15 is 0 Å². The summed E-state index contributed by atoms with van der Waals surface area (Å²) < 4.78 is 17.8. The molecule has 0 saturated carbocycles. The zero-order valence-electron chi connectivity index (χ0n) is 19.9. The predicted octanol–water partition coefficient (Wildman–Crippen LogP) is 3.55. The van der Waals surface area contributed by atoms with Crippen LogP contribution in [0, 0.1) is 0 Å². The van der Waals surface area contributed by atoms with E-state index in [-0.39, 0.29) is 32.0 Å². The highest BCUT2D eigenvalue weighted by Gasteiger charge is 2.17. The van der Waals surface area contributed by atoms with Gasteiger partial charge in [-0.05, 0) is 51.4 Å². The van der Waals surface area contributed by atoms with Gasteiger partial charge in [0.05, 0.1) is 25.4 Å². The molecule has 0 aromatic heterocycles. The van der Waals surface area contributed by atoms with Crippen LogP contribution in [0.4, 0.5) is 0 Å². The second-order valence-corrected chi connectivity index (χ2v) is 8.31. The van der Waals surface area contributed by atoms with Crippen molar-refractivity contribution < 1.29 is 34.6 Å². The Balaban J connectivity index is 4.46. The minimum atomic E-state index is -0.808. The van der Waals surface area contributed by atoms with Gasteiger partial charge in [-0.2, -0.15) is 0 Å². The predicted molar refractivity (Wildman–Crippen MR) is 123 cm³/mol. The molecule has 0 aromatic rings. The SMILES string of the molecule is CCCCOC(CCCCCO)COC(CCCCCO)COC(O)CCCCCO. The highest BCUT2D eigenvalue weighted by atomic mass is 16.6. The zero-order valence-corrected chi connectivity index (χ0v) is 19.9. The fourth-order valence-electron chi connectivity index (χ4n) is 3.30. The Hall–Kier alpha value is -0.280. The van der Waals surface area contributed by atoms with Crippen LogP contribution in [0.1, 0.15) is 96.8 Å². The Kier molecular flexibility index (Phi) is 24.1. The molecule has 188 valence electrons. The molecule has 0 aliphatic carbocycles. The van der Waals surface area contributed by atoms with Crippen LogP contribution in [0.15, 0.2) is 0 Å². The first kappa shape index (κ1) is 30.7. The Bertz CT molecular complexity index is 344. The smallest absolute Gasteiger partial charge is 0.154 e. The monoisotopic (exact) mass is 450 g/mol. The van der Waals surface area contributed by atoms with E-state index in [0.717, 1.165) is 90.1 Å². The molecule has 0 saturated heterocycles. The van der Waals surface area contributed by atoms with E-state index < -0.39 is 6.29 Å². The van der Waals surface area contributed by atoms with Gasteiger partial charge in [-0.1, -0.05) is 45.4 Å². The molecule has 3 atom stereocenters. The van der Waals surface area contributed by atoms with Crippen LogP contribution in [0.2, 0.25) is 0 Å². The van der Waals surface area contributed by atoms with Crippen molar-refractivity contribution in [1.82, 2.24) is 0 Å². The summed E-state index contributed by atoms with van der Waals surface area (Å²) in [4.78, 5) is 0. The summed E-state index contributed by atoms with van der Waals surface area (Å²) in [6.45, 7) is 4.33. The van der Waals surface area contributed by atoms with Gasteiger partial charge in [0.25, 0.3) is 0 Å². The lowest BCUT2D eigenvalue weighted by atomic mass is 10.1. The average molecular weight is 451 g/mol. The minimum absolute atomic E-state index is 0.0357. The van der Waals surface area contributed by atoms with Gasteiger partial charge in [0, 0.05) is 26.4 Å². The van der Waals surface area contributed by atoms with Gasteiger partial charge in [0.2, 0.25) is 0 Å². The molecule has 0 radical (unpaired) electrons. The number of aliphatic hydroxyl groups excluding tert-OH is 4. The lowest BCUT2D eigenvalue weighted by Gasteiger charge is -2.24. The van der Waals surface area contributed by atoms with Crippen molar-refractivity contribution in [2.75, 3.05) is 39.6 Å². The van der Waals surface area contributed by atoms with Crippen molar-refractivity contribution >= 4 is 0 Å². The van der Waals surface area contributed by atoms with Crippen molar-refractivity contribution in [3.8, 4) is 0 Å². The zero-order chi connectivity index (χ0) is 23.0. The van der Waals surface area contributed by atoms with Crippen molar-refractivity contribution in [2.45, 2.75) is 115 Å². The van der Waals surface area contributed by atoms with E-state index in [1.165, 1.54) is 0 Å². The van der Waals surface area contributed by atoms with Gasteiger partial charge >= 0.3 is 0 Å². The molecule has 31 heavy (non-hydrogen) atoms. The van der Waals surface area contributed by atoms with Crippen LogP contribution < -0.4 is 0 Å². The van der Waals surface area contributed by atoms with E-state index in [9.17, 15) is 5.11 Å². The second kappa shape index (κ2) is 24.4. The van der Waals surface area contributed by atoms with Gasteiger partial charge in [-0.3, -0.25) is 0 Å². The average Bonchev–Trinajstić information content (AvgIpc) is 2.77. The lowest BCUT2D eigenvalue weighted by Crippen LogP contribution is -2.29. The number of ether oxygens (including phenoxy) is 3. The van der Waals surface area contributed by atoms with Crippen LogP contribution in [-0.2, 0) is 14.2 Å². The maximum absolute atomic E-state index is 10.1. The maximum Gasteiger partial charge on any atom is 0.154 e. The summed E-state index contributed by atoms with van der Waals surface area (Å²) in [7, 11) is 0. The quantitative estimate of drug-likeness (QED) is 0.124. The van der Waals surface area contributed by atoms with E-state index in [4.69, 9.17) is 29.5 Å². The molecule has 0 amide bonds. The Morgan fingerprint density at radius 1 is 0.548 bits per heavy atom.